The van der Waals surface area contributed by atoms with Crippen molar-refractivity contribution in [3.05, 3.63) is 29.8 Å². The molecule has 0 bridgehead atoms. The zero-order chi connectivity index (χ0) is 14.2. The molecule has 0 atom stereocenters. The first-order valence-corrected chi connectivity index (χ1v) is 8.56. The molecule has 1 aromatic carbocycles. The van der Waals surface area contributed by atoms with Crippen LogP contribution in [0.5, 0.6) is 0 Å². The lowest BCUT2D eigenvalue weighted by Gasteiger charge is -2.17. The van der Waals surface area contributed by atoms with Gasteiger partial charge in [0.2, 0.25) is 10.0 Å². The molecule has 3 rings (SSSR count). The van der Waals surface area contributed by atoms with Crippen molar-refractivity contribution in [3.8, 4) is 0 Å². The minimum Gasteiger partial charge on any atom is -0.352 e. The number of hydrogen-bond donors (Lipinski definition) is 1. The van der Waals surface area contributed by atoms with Gasteiger partial charge in [-0.15, -0.1) is 0 Å². The normalized spacial score (nSPS) is 20.9. The minimum absolute atomic E-state index is 0.129. The van der Waals surface area contributed by atoms with Gasteiger partial charge in [-0.2, -0.15) is 0 Å². The standard InChI is InChI=1S/C14H18N2O3S/c17-14(15-10-11-5-6-11)12-3-1-4-13(9-12)16-7-2-8-20(16,18)19/h1,3-4,9,11H,2,5-8,10H2,(H,15,17). The molecule has 1 aliphatic heterocycles. The zero-order valence-electron chi connectivity index (χ0n) is 11.2. The van der Waals surface area contributed by atoms with Crippen molar-refractivity contribution < 1.29 is 13.2 Å². The van der Waals surface area contributed by atoms with E-state index in [2.05, 4.69) is 5.32 Å². The van der Waals surface area contributed by atoms with Gasteiger partial charge in [0.1, 0.15) is 0 Å². The van der Waals surface area contributed by atoms with Gasteiger partial charge < -0.3 is 5.32 Å². The van der Waals surface area contributed by atoms with E-state index in [-0.39, 0.29) is 11.7 Å². The van der Waals surface area contributed by atoms with Gasteiger partial charge in [-0.1, -0.05) is 6.07 Å². The largest absolute Gasteiger partial charge is 0.352 e. The molecule has 1 N–H and O–H groups in total. The molecule has 1 heterocycles. The number of rotatable bonds is 4. The summed E-state index contributed by atoms with van der Waals surface area (Å²) in [5, 5.41) is 2.89. The maximum atomic E-state index is 12.0. The molecular formula is C14H18N2O3S. The summed E-state index contributed by atoms with van der Waals surface area (Å²) < 4.78 is 25.2. The van der Waals surface area contributed by atoms with Crippen LogP contribution in [0.3, 0.4) is 0 Å². The Balaban J connectivity index is 1.76. The Hall–Kier alpha value is -1.56. The van der Waals surface area contributed by atoms with E-state index in [1.807, 2.05) is 0 Å². The van der Waals surface area contributed by atoms with Crippen LogP contribution in [-0.2, 0) is 10.0 Å². The molecule has 6 heteroatoms. The van der Waals surface area contributed by atoms with Crippen LogP contribution >= 0.6 is 0 Å². The van der Waals surface area contributed by atoms with Crippen LogP contribution in [0.4, 0.5) is 5.69 Å². The minimum atomic E-state index is -3.20. The van der Waals surface area contributed by atoms with Crippen LogP contribution in [-0.4, -0.2) is 33.2 Å². The van der Waals surface area contributed by atoms with E-state index in [9.17, 15) is 13.2 Å². The Morgan fingerprint density at radius 2 is 2.15 bits per heavy atom. The Morgan fingerprint density at radius 1 is 1.35 bits per heavy atom. The van der Waals surface area contributed by atoms with Crippen LogP contribution in [0.1, 0.15) is 29.6 Å². The molecule has 0 aromatic heterocycles. The summed E-state index contributed by atoms with van der Waals surface area (Å²) in [5.41, 5.74) is 1.10. The van der Waals surface area contributed by atoms with Crippen LogP contribution in [0.2, 0.25) is 0 Å². The second kappa shape index (κ2) is 5.09. The fourth-order valence-corrected chi connectivity index (χ4v) is 3.95. The van der Waals surface area contributed by atoms with Gasteiger partial charge in [-0.3, -0.25) is 9.10 Å². The molecule has 5 nitrogen and oxygen atoms in total. The van der Waals surface area contributed by atoms with E-state index in [1.165, 1.54) is 17.1 Å². The van der Waals surface area contributed by atoms with Crippen molar-refractivity contribution in [1.82, 2.24) is 5.32 Å². The number of hydrogen-bond acceptors (Lipinski definition) is 3. The zero-order valence-corrected chi connectivity index (χ0v) is 12.0. The molecule has 0 spiro atoms. The molecule has 2 fully saturated rings. The second-order valence-corrected chi connectivity index (χ2v) is 7.46. The highest BCUT2D eigenvalue weighted by molar-refractivity contribution is 7.93. The Morgan fingerprint density at radius 3 is 2.80 bits per heavy atom. The molecule has 1 aromatic rings. The molecule has 1 amide bonds. The lowest BCUT2D eigenvalue weighted by Crippen LogP contribution is -2.27. The quantitative estimate of drug-likeness (QED) is 0.912. The van der Waals surface area contributed by atoms with Crippen LogP contribution < -0.4 is 9.62 Å². The molecule has 1 saturated carbocycles. The molecule has 20 heavy (non-hydrogen) atoms. The monoisotopic (exact) mass is 294 g/mol. The third-order valence-electron chi connectivity index (χ3n) is 3.74. The maximum absolute atomic E-state index is 12.0. The van der Waals surface area contributed by atoms with Crippen molar-refractivity contribution in [1.29, 1.82) is 0 Å². The van der Waals surface area contributed by atoms with Crippen molar-refractivity contribution in [2.24, 2.45) is 5.92 Å². The average Bonchev–Trinajstić information content (AvgIpc) is 3.19. The van der Waals surface area contributed by atoms with Crippen LogP contribution in [0, 0.1) is 5.92 Å². The molecular weight excluding hydrogens is 276 g/mol. The summed E-state index contributed by atoms with van der Waals surface area (Å²) in [6.45, 7) is 1.21. The highest BCUT2D eigenvalue weighted by Gasteiger charge is 2.28. The third-order valence-corrected chi connectivity index (χ3v) is 5.61. The maximum Gasteiger partial charge on any atom is 0.251 e. The lowest BCUT2D eigenvalue weighted by molar-refractivity contribution is 0.0952. The van der Waals surface area contributed by atoms with Gasteiger partial charge >= 0.3 is 0 Å². The van der Waals surface area contributed by atoms with E-state index in [1.54, 1.807) is 24.3 Å². The predicted octanol–water partition coefficient (Wildman–Crippen LogP) is 1.37. The molecule has 1 aliphatic carbocycles. The van der Waals surface area contributed by atoms with Crippen molar-refractivity contribution in [2.45, 2.75) is 19.3 Å². The number of carbonyl (C=O) groups excluding carboxylic acids is 1. The summed E-state index contributed by atoms with van der Waals surface area (Å²) in [6.07, 6.45) is 3.01. The second-order valence-electron chi connectivity index (χ2n) is 5.45. The molecule has 2 aliphatic rings. The van der Waals surface area contributed by atoms with Crippen molar-refractivity contribution in [2.75, 3.05) is 23.1 Å². The van der Waals surface area contributed by atoms with E-state index >= 15 is 0 Å². The molecule has 108 valence electrons. The van der Waals surface area contributed by atoms with Gasteiger partial charge in [0, 0.05) is 18.7 Å². The summed E-state index contributed by atoms with van der Waals surface area (Å²) in [6, 6.07) is 6.84. The van der Waals surface area contributed by atoms with Gasteiger partial charge in [0.15, 0.2) is 0 Å². The SMILES string of the molecule is O=C(NCC1CC1)c1cccc(N2CCCS2(=O)=O)c1. The smallest absolute Gasteiger partial charge is 0.251 e. The van der Waals surface area contributed by atoms with Crippen LogP contribution in [0.15, 0.2) is 24.3 Å². The highest BCUT2D eigenvalue weighted by atomic mass is 32.2. The fraction of sp³-hybridized carbons (Fsp3) is 0.500. The fourth-order valence-electron chi connectivity index (χ4n) is 2.39. The topological polar surface area (TPSA) is 66.5 Å². The van der Waals surface area contributed by atoms with Crippen molar-refractivity contribution in [3.63, 3.8) is 0 Å². The summed E-state index contributed by atoms with van der Waals surface area (Å²) in [5.74, 6) is 0.682. The van der Waals surface area contributed by atoms with Crippen molar-refractivity contribution >= 4 is 21.6 Å². The van der Waals surface area contributed by atoms with Gasteiger partial charge in [-0.25, -0.2) is 8.42 Å². The predicted molar refractivity (Wildman–Crippen MR) is 77.2 cm³/mol. The first kappa shape index (κ1) is 13.4. The van der Waals surface area contributed by atoms with E-state index < -0.39 is 10.0 Å². The summed E-state index contributed by atoms with van der Waals surface area (Å²) >= 11 is 0. The number of carbonyl (C=O) groups is 1. The number of sulfonamides is 1. The number of nitrogens with one attached hydrogen (secondary N) is 1. The third kappa shape index (κ3) is 2.80. The Labute approximate surface area is 119 Å². The number of anilines is 1. The van der Waals surface area contributed by atoms with E-state index in [0.29, 0.717) is 36.7 Å². The van der Waals surface area contributed by atoms with Gasteiger partial charge in [0.25, 0.3) is 5.91 Å². The van der Waals surface area contributed by atoms with Gasteiger partial charge in [-0.05, 0) is 43.4 Å². The highest BCUT2D eigenvalue weighted by Crippen LogP contribution is 2.28. The molecule has 0 unspecified atom stereocenters. The summed E-state index contributed by atoms with van der Waals surface area (Å²) in [7, 11) is -3.20. The summed E-state index contributed by atoms with van der Waals surface area (Å²) in [4.78, 5) is 12.0. The Kier molecular flexibility index (Phi) is 3.41. The lowest BCUT2D eigenvalue weighted by atomic mass is 10.2. The van der Waals surface area contributed by atoms with E-state index in [0.717, 1.165) is 0 Å². The average molecular weight is 294 g/mol. The first-order chi connectivity index (χ1) is 9.56. The van der Waals surface area contributed by atoms with E-state index in [4.69, 9.17) is 0 Å². The first-order valence-electron chi connectivity index (χ1n) is 6.95. The Bertz CT molecular complexity index is 623. The number of amides is 1. The molecule has 0 radical (unpaired) electrons. The number of nitrogens with zero attached hydrogens (tertiary/aromatic N) is 1. The van der Waals surface area contributed by atoms with Gasteiger partial charge in [0.05, 0.1) is 11.4 Å². The van der Waals surface area contributed by atoms with Crippen LogP contribution in [0.25, 0.3) is 0 Å². The number of benzene rings is 1. The molecule has 1 saturated heterocycles.